The first kappa shape index (κ1) is 21.9. The van der Waals surface area contributed by atoms with Gasteiger partial charge in [0, 0.05) is 44.8 Å². The average Bonchev–Trinajstić information content (AvgIpc) is 2.83. The van der Waals surface area contributed by atoms with Gasteiger partial charge >= 0.3 is 0 Å². The van der Waals surface area contributed by atoms with Crippen LogP contribution in [0.1, 0.15) is 22.4 Å². The summed E-state index contributed by atoms with van der Waals surface area (Å²) >= 11 is 0. The monoisotopic (exact) mass is 431 g/mol. The summed E-state index contributed by atoms with van der Waals surface area (Å²) in [6.45, 7) is 3.17. The van der Waals surface area contributed by atoms with E-state index in [1.807, 2.05) is 29.3 Å². The Balaban J connectivity index is 1.26. The van der Waals surface area contributed by atoms with Gasteiger partial charge in [0.05, 0.1) is 18.8 Å². The van der Waals surface area contributed by atoms with Crippen molar-refractivity contribution in [3.05, 3.63) is 77.1 Å². The maximum Gasteiger partial charge on any atom is 0.236 e. The second-order valence-corrected chi connectivity index (χ2v) is 8.07. The zero-order chi connectivity index (χ0) is 22.3. The number of nitrogens with zero attached hydrogens (tertiary/aromatic N) is 2. The van der Waals surface area contributed by atoms with Crippen molar-refractivity contribution in [3.63, 3.8) is 0 Å². The number of fused-ring (bicyclic) bond motifs is 2. The summed E-state index contributed by atoms with van der Waals surface area (Å²) in [5, 5.41) is 11.3. The van der Waals surface area contributed by atoms with Crippen LogP contribution in [0.3, 0.4) is 0 Å². The molecule has 2 amide bonds. The highest BCUT2D eigenvalue weighted by Crippen LogP contribution is 2.20. The van der Waals surface area contributed by atoms with Crippen molar-refractivity contribution in [2.45, 2.75) is 26.1 Å². The predicted molar refractivity (Wildman–Crippen MR) is 125 cm³/mol. The first-order chi connectivity index (χ1) is 15.6. The van der Waals surface area contributed by atoms with Gasteiger partial charge in [0.1, 0.15) is 0 Å². The molecule has 0 atom stereocenters. The van der Waals surface area contributed by atoms with E-state index in [4.69, 9.17) is 0 Å². The molecule has 3 aromatic rings. The van der Waals surface area contributed by atoms with Gasteiger partial charge in [0.15, 0.2) is 0 Å². The van der Waals surface area contributed by atoms with Gasteiger partial charge in [-0.15, -0.1) is 0 Å². The summed E-state index contributed by atoms with van der Waals surface area (Å²) in [4.78, 5) is 30.4. The third kappa shape index (κ3) is 5.49. The van der Waals surface area contributed by atoms with Gasteiger partial charge in [-0.1, -0.05) is 42.5 Å². The fourth-order valence-corrected chi connectivity index (χ4v) is 3.97. The molecule has 2 aromatic carbocycles. The molecular weight excluding hydrogens is 402 g/mol. The maximum atomic E-state index is 12.7. The molecule has 1 aromatic heterocycles. The predicted octanol–water partition coefficient (Wildman–Crippen LogP) is 1.74. The quantitative estimate of drug-likeness (QED) is 0.506. The Kier molecular flexibility index (Phi) is 7.09. The first-order valence-corrected chi connectivity index (χ1v) is 11.0. The van der Waals surface area contributed by atoms with E-state index in [9.17, 15) is 9.59 Å². The van der Waals surface area contributed by atoms with Crippen LogP contribution >= 0.6 is 0 Å². The maximum absolute atomic E-state index is 12.7. The first-order valence-electron chi connectivity index (χ1n) is 11.0. The molecule has 166 valence electrons. The number of nitrogens with one attached hydrogen (secondary N) is 3. The number of likely N-dealkylation sites (N-methyl/N-ethyl adjacent to an activating group) is 1. The number of carbonyl (C=O) groups excluding carboxylic acids is 2. The summed E-state index contributed by atoms with van der Waals surface area (Å²) in [6, 6.07) is 16.5. The molecule has 1 aliphatic heterocycles. The van der Waals surface area contributed by atoms with Gasteiger partial charge in [0.25, 0.3) is 0 Å². The molecule has 7 nitrogen and oxygen atoms in total. The van der Waals surface area contributed by atoms with Gasteiger partial charge in [-0.05, 0) is 34.6 Å². The Hall–Kier alpha value is -3.29. The minimum atomic E-state index is -0.0258. The van der Waals surface area contributed by atoms with Gasteiger partial charge in [-0.3, -0.25) is 14.6 Å². The fourth-order valence-electron chi connectivity index (χ4n) is 3.97. The molecule has 4 rings (SSSR count). The number of benzene rings is 2. The molecule has 0 unspecified atom stereocenters. The van der Waals surface area contributed by atoms with E-state index in [-0.39, 0.29) is 11.8 Å². The van der Waals surface area contributed by atoms with Gasteiger partial charge in [0.2, 0.25) is 11.8 Å². The SMILES string of the molecule is CNC(=O)CNCc1ccc2c(c1)CCN(C(=O)CNCc1cc3ccccc3cn1)C2. The van der Waals surface area contributed by atoms with E-state index in [2.05, 4.69) is 51.3 Å². The van der Waals surface area contributed by atoms with Gasteiger partial charge < -0.3 is 20.9 Å². The minimum Gasteiger partial charge on any atom is -0.358 e. The molecule has 0 saturated carbocycles. The average molecular weight is 432 g/mol. The van der Waals surface area contributed by atoms with Crippen molar-refractivity contribution < 1.29 is 9.59 Å². The normalized spacial score (nSPS) is 13.1. The van der Waals surface area contributed by atoms with Crippen LogP contribution in [0.4, 0.5) is 0 Å². The third-order valence-corrected chi connectivity index (χ3v) is 5.80. The topological polar surface area (TPSA) is 86.4 Å². The Morgan fingerprint density at radius 3 is 2.62 bits per heavy atom. The van der Waals surface area contributed by atoms with Crippen molar-refractivity contribution >= 4 is 22.6 Å². The van der Waals surface area contributed by atoms with E-state index in [1.165, 1.54) is 11.1 Å². The number of hydrogen-bond donors (Lipinski definition) is 3. The Bertz CT molecular complexity index is 1110. The number of hydrogen-bond acceptors (Lipinski definition) is 5. The number of carbonyl (C=O) groups is 2. The fraction of sp³-hybridized carbons (Fsp3) is 0.320. The van der Waals surface area contributed by atoms with E-state index in [1.54, 1.807) is 7.05 Å². The molecule has 0 saturated heterocycles. The van der Waals surface area contributed by atoms with Gasteiger partial charge in [-0.2, -0.15) is 0 Å². The van der Waals surface area contributed by atoms with Crippen LogP contribution in [0.25, 0.3) is 10.8 Å². The van der Waals surface area contributed by atoms with Crippen LogP contribution in [0, 0.1) is 0 Å². The second-order valence-electron chi connectivity index (χ2n) is 8.07. The van der Waals surface area contributed by atoms with Crippen molar-refractivity contribution in [1.82, 2.24) is 25.8 Å². The van der Waals surface area contributed by atoms with Crippen molar-refractivity contribution in [1.29, 1.82) is 0 Å². The molecule has 0 aliphatic carbocycles. The highest BCUT2D eigenvalue weighted by atomic mass is 16.2. The summed E-state index contributed by atoms with van der Waals surface area (Å²) in [7, 11) is 1.63. The lowest BCUT2D eigenvalue weighted by molar-refractivity contribution is -0.131. The van der Waals surface area contributed by atoms with Crippen LogP contribution in [0.2, 0.25) is 0 Å². The van der Waals surface area contributed by atoms with Crippen molar-refractivity contribution in [3.8, 4) is 0 Å². The molecule has 3 N–H and O–H groups in total. The molecular formula is C25H29N5O2. The Morgan fingerprint density at radius 2 is 1.78 bits per heavy atom. The van der Waals surface area contributed by atoms with Crippen LogP contribution in [-0.4, -0.2) is 48.4 Å². The molecule has 0 spiro atoms. The number of pyridine rings is 1. The highest BCUT2D eigenvalue weighted by molar-refractivity contribution is 5.82. The molecule has 2 heterocycles. The number of amides is 2. The lowest BCUT2D eigenvalue weighted by atomic mass is 9.97. The zero-order valence-electron chi connectivity index (χ0n) is 18.4. The van der Waals surface area contributed by atoms with Crippen LogP contribution in [0.5, 0.6) is 0 Å². The molecule has 0 radical (unpaired) electrons. The summed E-state index contributed by atoms with van der Waals surface area (Å²) < 4.78 is 0. The molecule has 0 fully saturated rings. The van der Waals surface area contributed by atoms with Crippen molar-refractivity contribution in [2.75, 3.05) is 26.7 Å². The van der Waals surface area contributed by atoms with Crippen LogP contribution in [0.15, 0.2) is 54.7 Å². The van der Waals surface area contributed by atoms with Crippen molar-refractivity contribution in [2.24, 2.45) is 0 Å². The van der Waals surface area contributed by atoms with E-state index < -0.39 is 0 Å². The van der Waals surface area contributed by atoms with Gasteiger partial charge in [-0.25, -0.2) is 0 Å². The van der Waals surface area contributed by atoms with E-state index >= 15 is 0 Å². The molecule has 7 heteroatoms. The third-order valence-electron chi connectivity index (χ3n) is 5.80. The summed E-state index contributed by atoms with van der Waals surface area (Å²) in [5.74, 6) is 0.0786. The zero-order valence-corrected chi connectivity index (χ0v) is 18.4. The lowest BCUT2D eigenvalue weighted by Crippen LogP contribution is -2.41. The Morgan fingerprint density at radius 1 is 0.969 bits per heavy atom. The minimum absolute atomic E-state index is 0.0258. The number of aromatic nitrogens is 1. The van der Waals surface area contributed by atoms with Crippen LogP contribution < -0.4 is 16.0 Å². The molecule has 0 bridgehead atoms. The summed E-state index contributed by atoms with van der Waals surface area (Å²) in [6.07, 6.45) is 2.72. The van der Waals surface area contributed by atoms with E-state index in [0.29, 0.717) is 32.7 Å². The summed E-state index contributed by atoms with van der Waals surface area (Å²) in [5.41, 5.74) is 4.55. The standard InChI is InChI=1S/C25H29N5O2/c1-26-24(31)15-27-12-18-6-7-22-17-30(9-8-20(22)10-18)25(32)16-28-14-23-11-19-4-2-3-5-21(19)13-29-23/h2-7,10-11,13,27-28H,8-9,12,14-17H2,1H3,(H,26,31). The van der Waals surface area contributed by atoms with E-state index in [0.717, 1.165) is 35.0 Å². The Labute approximate surface area is 188 Å². The smallest absolute Gasteiger partial charge is 0.236 e. The molecule has 32 heavy (non-hydrogen) atoms. The lowest BCUT2D eigenvalue weighted by Gasteiger charge is -2.29. The highest BCUT2D eigenvalue weighted by Gasteiger charge is 2.20. The largest absolute Gasteiger partial charge is 0.358 e. The number of rotatable bonds is 8. The second kappa shape index (κ2) is 10.3. The van der Waals surface area contributed by atoms with Crippen LogP contribution in [-0.2, 0) is 35.6 Å². The molecule has 1 aliphatic rings.